The Balaban J connectivity index is 1.93. The number of carbonyl (C=O) groups excluding carboxylic acids is 1. The van der Waals surface area contributed by atoms with Crippen LogP contribution in [-0.4, -0.2) is 31.3 Å². The highest BCUT2D eigenvalue weighted by Crippen LogP contribution is 2.01. The summed E-state index contributed by atoms with van der Waals surface area (Å²) in [5.74, 6) is -0.176. The number of nitrogens with zero attached hydrogens (tertiary/aromatic N) is 1. The first-order valence-electron chi connectivity index (χ1n) is 5.86. The van der Waals surface area contributed by atoms with E-state index >= 15 is 0 Å². The Morgan fingerprint density at radius 1 is 1.24 bits per heavy atom. The number of esters is 1. The number of hydrogen-bond acceptors (Lipinski definition) is 4. The van der Waals surface area contributed by atoms with Gasteiger partial charge in [-0.3, -0.25) is 9.78 Å². The van der Waals surface area contributed by atoms with E-state index in [-0.39, 0.29) is 5.97 Å². The predicted molar refractivity (Wildman–Crippen MR) is 64.6 cm³/mol. The van der Waals surface area contributed by atoms with Gasteiger partial charge in [0.2, 0.25) is 0 Å². The molecule has 1 rings (SSSR count). The van der Waals surface area contributed by atoms with Gasteiger partial charge in [0.1, 0.15) is 0 Å². The van der Waals surface area contributed by atoms with Gasteiger partial charge >= 0.3 is 5.97 Å². The largest absolute Gasteiger partial charge is 0.469 e. The smallest absolute Gasteiger partial charge is 0.305 e. The highest BCUT2D eigenvalue weighted by molar-refractivity contribution is 5.68. The van der Waals surface area contributed by atoms with Crippen molar-refractivity contribution >= 4 is 5.97 Å². The van der Waals surface area contributed by atoms with Gasteiger partial charge in [0, 0.05) is 32.0 Å². The van der Waals surface area contributed by atoms with Crippen LogP contribution in [0.1, 0.15) is 24.8 Å². The summed E-state index contributed by atoms with van der Waals surface area (Å²) in [5, 5.41) is 0. The third-order valence-electron chi connectivity index (χ3n) is 2.40. The number of aromatic nitrogens is 1. The zero-order valence-electron chi connectivity index (χ0n) is 10.2. The molecular weight excluding hydrogens is 218 g/mol. The Kier molecular flexibility index (Phi) is 6.98. The number of carbonyl (C=O) groups is 1. The van der Waals surface area contributed by atoms with Gasteiger partial charge in [-0.05, 0) is 37.0 Å². The lowest BCUT2D eigenvalue weighted by Crippen LogP contribution is -2.04. The van der Waals surface area contributed by atoms with Crippen LogP contribution in [0.2, 0.25) is 0 Å². The highest BCUT2D eigenvalue weighted by atomic mass is 16.5. The lowest BCUT2D eigenvalue weighted by molar-refractivity contribution is -0.141. The van der Waals surface area contributed by atoms with E-state index < -0.39 is 0 Å². The first kappa shape index (κ1) is 13.6. The average molecular weight is 237 g/mol. The molecule has 4 heteroatoms. The van der Waals surface area contributed by atoms with E-state index in [0.717, 1.165) is 25.9 Å². The van der Waals surface area contributed by atoms with Crippen molar-refractivity contribution in [1.29, 1.82) is 0 Å². The molecule has 17 heavy (non-hydrogen) atoms. The van der Waals surface area contributed by atoms with Gasteiger partial charge < -0.3 is 9.47 Å². The second kappa shape index (κ2) is 8.70. The van der Waals surface area contributed by atoms with Crippen molar-refractivity contribution in [2.24, 2.45) is 0 Å². The molecule has 1 heterocycles. The maximum atomic E-state index is 10.8. The van der Waals surface area contributed by atoms with Gasteiger partial charge in [-0.15, -0.1) is 0 Å². The molecule has 0 aliphatic rings. The van der Waals surface area contributed by atoms with Crippen molar-refractivity contribution < 1.29 is 14.3 Å². The summed E-state index contributed by atoms with van der Waals surface area (Å²) < 4.78 is 9.96. The van der Waals surface area contributed by atoms with Crippen molar-refractivity contribution in [2.45, 2.75) is 25.7 Å². The normalized spacial score (nSPS) is 10.2. The Morgan fingerprint density at radius 2 is 1.94 bits per heavy atom. The first-order chi connectivity index (χ1) is 8.33. The van der Waals surface area contributed by atoms with Gasteiger partial charge in [0.05, 0.1) is 7.11 Å². The first-order valence-corrected chi connectivity index (χ1v) is 5.86. The molecule has 0 N–H and O–H groups in total. The summed E-state index contributed by atoms with van der Waals surface area (Å²) in [7, 11) is 1.40. The summed E-state index contributed by atoms with van der Waals surface area (Å²) in [5.41, 5.74) is 1.28. The molecule has 0 radical (unpaired) electrons. The minimum Gasteiger partial charge on any atom is -0.469 e. The fourth-order valence-electron chi connectivity index (χ4n) is 1.45. The lowest BCUT2D eigenvalue weighted by atomic mass is 10.1. The fourth-order valence-corrected chi connectivity index (χ4v) is 1.45. The minimum absolute atomic E-state index is 0.176. The number of methoxy groups -OCH3 is 1. The molecular formula is C13H19NO3. The second-order valence-electron chi connectivity index (χ2n) is 3.75. The van der Waals surface area contributed by atoms with Crippen LogP contribution in [0.4, 0.5) is 0 Å². The van der Waals surface area contributed by atoms with Gasteiger partial charge in [0.25, 0.3) is 0 Å². The monoisotopic (exact) mass is 237 g/mol. The van der Waals surface area contributed by atoms with E-state index in [4.69, 9.17) is 4.74 Å². The predicted octanol–water partition coefficient (Wildman–Crippen LogP) is 1.98. The second-order valence-corrected chi connectivity index (χ2v) is 3.75. The van der Waals surface area contributed by atoms with E-state index in [1.165, 1.54) is 12.7 Å². The zero-order valence-corrected chi connectivity index (χ0v) is 10.2. The molecule has 0 saturated carbocycles. The van der Waals surface area contributed by atoms with Crippen molar-refractivity contribution in [3.8, 4) is 0 Å². The Labute approximate surface area is 102 Å². The minimum atomic E-state index is -0.176. The molecule has 0 aliphatic heterocycles. The maximum Gasteiger partial charge on any atom is 0.305 e. The number of hydrogen-bond donors (Lipinski definition) is 0. The van der Waals surface area contributed by atoms with Gasteiger partial charge in [-0.25, -0.2) is 0 Å². The molecule has 4 nitrogen and oxygen atoms in total. The maximum absolute atomic E-state index is 10.8. The van der Waals surface area contributed by atoms with Crippen LogP contribution in [0.3, 0.4) is 0 Å². The third-order valence-corrected chi connectivity index (χ3v) is 2.40. The quantitative estimate of drug-likeness (QED) is 0.512. The summed E-state index contributed by atoms with van der Waals surface area (Å²) >= 11 is 0. The van der Waals surface area contributed by atoms with Crippen LogP contribution in [0.5, 0.6) is 0 Å². The van der Waals surface area contributed by atoms with Gasteiger partial charge in [-0.1, -0.05) is 0 Å². The Morgan fingerprint density at radius 3 is 2.65 bits per heavy atom. The van der Waals surface area contributed by atoms with Crippen molar-refractivity contribution in [3.05, 3.63) is 30.1 Å². The number of pyridine rings is 1. The van der Waals surface area contributed by atoms with Crippen LogP contribution >= 0.6 is 0 Å². The molecule has 1 aromatic rings. The molecule has 0 fully saturated rings. The van der Waals surface area contributed by atoms with Crippen molar-refractivity contribution in [2.75, 3.05) is 20.3 Å². The molecule has 0 aliphatic carbocycles. The van der Waals surface area contributed by atoms with Crippen LogP contribution in [-0.2, 0) is 20.7 Å². The standard InChI is InChI=1S/C13H19NO3/c1-16-13(15)5-3-11-17-10-2-4-12-6-8-14-9-7-12/h6-9H,2-5,10-11H2,1H3. The Hall–Kier alpha value is -1.42. The Bertz CT molecular complexity index is 314. The lowest BCUT2D eigenvalue weighted by Gasteiger charge is -2.04. The number of ether oxygens (including phenoxy) is 2. The summed E-state index contributed by atoms with van der Waals surface area (Å²) in [6.45, 7) is 1.34. The van der Waals surface area contributed by atoms with Gasteiger partial charge in [0.15, 0.2) is 0 Å². The molecule has 0 amide bonds. The molecule has 0 unspecified atom stereocenters. The molecule has 0 bridgehead atoms. The zero-order chi connectivity index (χ0) is 12.3. The van der Waals surface area contributed by atoms with Gasteiger partial charge in [-0.2, -0.15) is 0 Å². The van der Waals surface area contributed by atoms with E-state index in [2.05, 4.69) is 9.72 Å². The highest BCUT2D eigenvalue weighted by Gasteiger charge is 1.99. The molecule has 0 spiro atoms. The van der Waals surface area contributed by atoms with Crippen molar-refractivity contribution in [1.82, 2.24) is 4.98 Å². The molecule has 0 aromatic carbocycles. The topological polar surface area (TPSA) is 48.4 Å². The van der Waals surface area contributed by atoms with E-state index in [1.54, 1.807) is 12.4 Å². The number of aryl methyl sites for hydroxylation is 1. The van der Waals surface area contributed by atoms with E-state index in [1.807, 2.05) is 12.1 Å². The molecule has 1 aromatic heterocycles. The summed E-state index contributed by atoms with van der Waals surface area (Å²) in [6.07, 6.45) is 6.74. The van der Waals surface area contributed by atoms with Crippen molar-refractivity contribution in [3.63, 3.8) is 0 Å². The third kappa shape index (κ3) is 6.68. The van der Waals surface area contributed by atoms with Crippen LogP contribution in [0.15, 0.2) is 24.5 Å². The van der Waals surface area contributed by atoms with Crippen LogP contribution in [0.25, 0.3) is 0 Å². The van der Waals surface area contributed by atoms with Crippen LogP contribution < -0.4 is 0 Å². The van der Waals surface area contributed by atoms with Crippen LogP contribution in [0, 0.1) is 0 Å². The summed E-state index contributed by atoms with van der Waals surface area (Å²) in [4.78, 5) is 14.8. The van der Waals surface area contributed by atoms with E-state index in [9.17, 15) is 4.79 Å². The number of rotatable bonds is 8. The average Bonchev–Trinajstić information content (AvgIpc) is 2.38. The molecule has 0 saturated heterocycles. The fraction of sp³-hybridized carbons (Fsp3) is 0.538. The molecule has 94 valence electrons. The SMILES string of the molecule is COC(=O)CCCOCCCc1ccncc1. The van der Waals surface area contributed by atoms with E-state index in [0.29, 0.717) is 13.0 Å². The molecule has 0 atom stereocenters. The summed E-state index contributed by atoms with van der Waals surface area (Å²) in [6, 6.07) is 4.02.